The zero-order valence-corrected chi connectivity index (χ0v) is 15.3. The Labute approximate surface area is 161 Å². The lowest BCUT2D eigenvalue weighted by Crippen LogP contribution is -2.26. The molecule has 4 aromatic rings. The molecule has 140 valence electrons. The summed E-state index contributed by atoms with van der Waals surface area (Å²) in [5.74, 6) is 0.411. The van der Waals surface area contributed by atoms with Crippen LogP contribution in [-0.2, 0) is 6.54 Å². The Morgan fingerprint density at radius 3 is 2.61 bits per heavy atom. The van der Waals surface area contributed by atoms with E-state index in [4.69, 9.17) is 0 Å². The van der Waals surface area contributed by atoms with Crippen LogP contribution < -0.4 is 10.9 Å². The molecular weight excluding hydrogens is 354 g/mol. The molecule has 2 aromatic carbocycles. The topological polar surface area (TPSA) is 92.7 Å². The van der Waals surface area contributed by atoms with E-state index in [1.165, 1.54) is 16.8 Å². The molecule has 7 nitrogen and oxygen atoms in total. The lowest BCUT2D eigenvalue weighted by Gasteiger charge is -2.07. The Kier molecular flexibility index (Phi) is 4.72. The highest BCUT2D eigenvalue weighted by molar-refractivity contribution is 6.02. The SMILES string of the molecule is CCCn1nc(C(=O)Nc2ccc(-c3nc4ccccc4[nH]3)cc2)ccc1=O. The van der Waals surface area contributed by atoms with Gasteiger partial charge in [-0.25, -0.2) is 9.67 Å². The van der Waals surface area contributed by atoms with Crippen molar-refractivity contribution in [1.29, 1.82) is 0 Å². The molecule has 0 atom stereocenters. The Bertz CT molecular complexity index is 1160. The average Bonchev–Trinajstić information content (AvgIpc) is 3.14. The van der Waals surface area contributed by atoms with Gasteiger partial charge in [0.25, 0.3) is 11.5 Å². The number of nitrogens with zero attached hydrogens (tertiary/aromatic N) is 3. The van der Waals surface area contributed by atoms with Gasteiger partial charge in [0.15, 0.2) is 0 Å². The molecule has 0 aliphatic carbocycles. The molecule has 2 N–H and O–H groups in total. The van der Waals surface area contributed by atoms with Crippen molar-refractivity contribution in [2.24, 2.45) is 0 Å². The number of aromatic amines is 1. The van der Waals surface area contributed by atoms with Gasteiger partial charge >= 0.3 is 0 Å². The van der Waals surface area contributed by atoms with E-state index < -0.39 is 0 Å². The third kappa shape index (κ3) is 3.55. The fraction of sp³-hybridized carbons (Fsp3) is 0.143. The third-order valence-corrected chi connectivity index (χ3v) is 4.34. The number of carbonyl (C=O) groups excluding carboxylic acids is 1. The summed E-state index contributed by atoms with van der Waals surface area (Å²) in [6, 6.07) is 18.0. The molecule has 0 saturated heterocycles. The first-order chi connectivity index (χ1) is 13.6. The Hall–Kier alpha value is -3.74. The average molecular weight is 373 g/mol. The number of para-hydroxylation sites is 2. The molecule has 0 bridgehead atoms. The molecule has 4 rings (SSSR count). The van der Waals surface area contributed by atoms with Crippen LogP contribution in [0.5, 0.6) is 0 Å². The number of benzene rings is 2. The lowest BCUT2D eigenvalue weighted by atomic mass is 10.2. The number of nitrogens with one attached hydrogen (secondary N) is 2. The minimum atomic E-state index is -0.360. The number of aryl methyl sites for hydroxylation is 1. The summed E-state index contributed by atoms with van der Waals surface area (Å²) in [5, 5.41) is 6.93. The van der Waals surface area contributed by atoms with E-state index in [0.29, 0.717) is 12.2 Å². The van der Waals surface area contributed by atoms with Crippen LogP contribution in [0.25, 0.3) is 22.4 Å². The van der Waals surface area contributed by atoms with Gasteiger partial charge in [0.2, 0.25) is 0 Å². The van der Waals surface area contributed by atoms with Crippen LogP contribution in [0.15, 0.2) is 65.5 Å². The molecule has 0 fully saturated rings. The van der Waals surface area contributed by atoms with Crippen LogP contribution in [0.2, 0.25) is 0 Å². The van der Waals surface area contributed by atoms with Crippen molar-refractivity contribution >= 4 is 22.6 Å². The first-order valence-corrected chi connectivity index (χ1v) is 9.09. The van der Waals surface area contributed by atoms with Crippen molar-refractivity contribution in [2.75, 3.05) is 5.32 Å². The van der Waals surface area contributed by atoms with Gasteiger partial charge in [-0.05, 0) is 48.9 Å². The number of anilines is 1. The number of H-pyrrole nitrogens is 1. The van der Waals surface area contributed by atoms with E-state index >= 15 is 0 Å². The highest BCUT2D eigenvalue weighted by Crippen LogP contribution is 2.22. The Morgan fingerprint density at radius 2 is 1.86 bits per heavy atom. The van der Waals surface area contributed by atoms with Crippen LogP contribution in [0.3, 0.4) is 0 Å². The predicted octanol–water partition coefficient (Wildman–Crippen LogP) is 3.45. The maximum atomic E-state index is 12.4. The molecule has 0 saturated carbocycles. The van der Waals surface area contributed by atoms with Gasteiger partial charge in [0, 0.05) is 23.9 Å². The fourth-order valence-corrected chi connectivity index (χ4v) is 2.94. The molecule has 28 heavy (non-hydrogen) atoms. The minimum Gasteiger partial charge on any atom is -0.338 e. The summed E-state index contributed by atoms with van der Waals surface area (Å²) in [7, 11) is 0. The summed E-state index contributed by atoms with van der Waals surface area (Å²) in [6.07, 6.45) is 0.765. The van der Waals surface area contributed by atoms with Gasteiger partial charge < -0.3 is 10.3 Å². The van der Waals surface area contributed by atoms with Gasteiger partial charge in [0.05, 0.1) is 11.0 Å². The number of imidazole rings is 1. The normalized spacial score (nSPS) is 10.9. The number of rotatable bonds is 5. The Balaban J connectivity index is 1.52. The molecular formula is C21H19N5O2. The molecule has 0 aliphatic rings. The molecule has 0 unspecified atom stereocenters. The van der Waals surface area contributed by atoms with Gasteiger partial charge in [-0.3, -0.25) is 9.59 Å². The van der Waals surface area contributed by atoms with E-state index in [1.807, 2.05) is 55.5 Å². The van der Waals surface area contributed by atoms with E-state index in [-0.39, 0.29) is 17.2 Å². The van der Waals surface area contributed by atoms with Crippen LogP contribution in [0.1, 0.15) is 23.8 Å². The second-order valence-corrected chi connectivity index (χ2v) is 6.41. The van der Waals surface area contributed by atoms with Gasteiger partial charge in [-0.2, -0.15) is 5.10 Å². The van der Waals surface area contributed by atoms with Crippen LogP contribution in [-0.4, -0.2) is 25.7 Å². The van der Waals surface area contributed by atoms with E-state index in [0.717, 1.165) is 28.8 Å². The van der Waals surface area contributed by atoms with Gasteiger partial charge in [-0.1, -0.05) is 19.1 Å². The monoisotopic (exact) mass is 373 g/mol. The molecule has 2 aromatic heterocycles. The molecule has 0 aliphatic heterocycles. The molecule has 0 spiro atoms. The summed E-state index contributed by atoms with van der Waals surface area (Å²) in [6.45, 7) is 2.43. The summed E-state index contributed by atoms with van der Waals surface area (Å²) in [4.78, 5) is 32.0. The van der Waals surface area contributed by atoms with Crippen molar-refractivity contribution in [2.45, 2.75) is 19.9 Å². The number of hydrogen-bond acceptors (Lipinski definition) is 4. The number of hydrogen-bond donors (Lipinski definition) is 2. The second kappa shape index (κ2) is 7.48. The number of carbonyl (C=O) groups is 1. The van der Waals surface area contributed by atoms with Crippen LogP contribution in [0, 0.1) is 0 Å². The Morgan fingerprint density at radius 1 is 1.07 bits per heavy atom. The van der Waals surface area contributed by atoms with Crippen LogP contribution >= 0.6 is 0 Å². The molecule has 7 heteroatoms. The zero-order valence-electron chi connectivity index (χ0n) is 15.3. The van der Waals surface area contributed by atoms with Crippen molar-refractivity contribution < 1.29 is 4.79 Å². The van der Waals surface area contributed by atoms with Gasteiger partial charge in [0.1, 0.15) is 11.5 Å². The number of aromatic nitrogens is 4. The number of amides is 1. The second-order valence-electron chi connectivity index (χ2n) is 6.41. The third-order valence-electron chi connectivity index (χ3n) is 4.34. The minimum absolute atomic E-state index is 0.203. The molecule has 1 amide bonds. The van der Waals surface area contributed by atoms with Gasteiger partial charge in [-0.15, -0.1) is 0 Å². The standard InChI is InChI=1S/C21H19N5O2/c1-2-13-26-19(27)12-11-18(25-26)21(28)22-15-9-7-14(8-10-15)20-23-16-5-3-4-6-17(16)24-20/h3-12H,2,13H2,1H3,(H,22,28)(H,23,24). The largest absolute Gasteiger partial charge is 0.338 e. The van der Waals surface area contributed by atoms with Crippen molar-refractivity contribution in [3.05, 3.63) is 76.7 Å². The maximum Gasteiger partial charge on any atom is 0.276 e. The van der Waals surface area contributed by atoms with Crippen molar-refractivity contribution in [1.82, 2.24) is 19.7 Å². The lowest BCUT2D eigenvalue weighted by molar-refractivity contribution is 0.102. The fourth-order valence-electron chi connectivity index (χ4n) is 2.94. The maximum absolute atomic E-state index is 12.4. The highest BCUT2D eigenvalue weighted by atomic mass is 16.2. The summed E-state index contributed by atoms with van der Waals surface area (Å²) >= 11 is 0. The first kappa shape index (κ1) is 17.7. The zero-order chi connectivity index (χ0) is 19.5. The predicted molar refractivity (Wildman–Crippen MR) is 108 cm³/mol. The summed E-state index contributed by atoms with van der Waals surface area (Å²) in [5.41, 5.74) is 3.43. The van der Waals surface area contributed by atoms with E-state index in [2.05, 4.69) is 20.4 Å². The van der Waals surface area contributed by atoms with Crippen LogP contribution in [0.4, 0.5) is 5.69 Å². The molecule has 0 radical (unpaired) electrons. The highest BCUT2D eigenvalue weighted by Gasteiger charge is 2.11. The quantitative estimate of drug-likeness (QED) is 0.560. The first-order valence-electron chi connectivity index (χ1n) is 9.09. The van der Waals surface area contributed by atoms with E-state index in [1.54, 1.807) is 0 Å². The van der Waals surface area contributed by atoms with Crippen molar-refractivity contribution in [3.8, 4) is 11.4 Å². The van der Waals surface area contributed by atoms with Crippen molar-refractivity contribution in [3.63, 3.8) is 0 Å². The summed E-state index contributed by atoms with van der Waals surface area (Å²) < 4.78 is 1.31. The smallest absolute Gasteiger partial charge is 0.276 e. The van der Waals surface area contributed by atoms with E-state index in [9.17, 15) is 9.59 Å². The molecule has 2 heterocycles. The number of fused-ring (bicyclic) bond motifs is 1.